The van der Waals surface area contributed by atoms with Crippen LogP contribution in [0.5, 0.6) is 0 Å². The highest BCUT2D eigenvalue weighted by Gasteiger charge is 2.30. The number of unbranched alkanes of at least 4 members (excludes halogenated alkanes) is 6. The van der Waals surface area contributed by atoms with Crippen molar-refractivity contribution in [3.05, 3.63) is 0 Å². The van der Waals surface area contributed by atoms with Crippen molar-refractivity contribution in [2.45, 2.75) is 83.8 Å². The summed E-state index contributed by atoms with van der Waals surface area (Å²) in [7, 11) is -3.47. The minimum Gasteiger partial charge on any atom is -0.211 e. The van der Waals surface area contributed by atoms with Gasteiger partial charge in [-0.3, -0.25) is 0 Å². The lowest BCUT2D eigenvalue weighted by Gasteiger charge is -2.24. The largest absolute Gasteiger partial charge is 0.230 e. The van der Waals surface area contributed by atoms with E-state index in [0.29, 0.717) is 19.5 Å². The molecule has 0 radical (unpaired) electrons. The summed E-state index contributed by atoms with van der Waals surface area (Å²) >= 11 is 0. The molecule has 0 saturated heterocycles. The van der Waals surface area contributed by atoms with E-state index >= 15 is 0 Å². The number of nitrogens with zero attached hydrogens (tertiary/aromatic N) is 2. The van der Waals surface area contributed by atoms with Gasteiger partial charge in [-0.25, -0.2) is 12.7 Å². The second-order valence-electron chi connectivity index (χ2n) is 5.59. The molecule has 4 nitrogen and oxygen atoms in total. The van der Waals surface area contributed by atoms with Gasteiger partial charge in [0.1, 0.15) is 0 Å². The number of hydrogen-bond acceptors (Lipinski definition) is 3. The molecule has 0 fully saturated rings. The van der Waals surface area contributed by atoms with E-state index in [9.17, 15) is 8.42 Å². The standard InChI is InChI=1S/C16H32N2O2S/c1-4-7-9-11-13-18(14-12-10-8-5-2)21(19,20)16(6-3)15-17/h16H,4-14H2,1-3H3. The summed E-state index contributed by atoms with van der Waals surface area (Å²) in [6.45, 7) is 7.17. The van der Waals surface area contributed by atoms with Crippen LogP contribution in [0, 0.1) is 11.3 Å². The lowest BCUT2D eigenvalue weighted by molar-refractivity contribution is 0.382. The third kappa shape index (κ3) is 7.82. The van der Waals surface area contributed by atoms with Gasteiger partial charge in [-0.15, -0.1) is 0 Å². The van der Waals surface area contributed by atoms with Crippen LogP contribution >= 0.6 is 0 Å². The van der Waals surface area contributed by atoms with Crippen molar-refractivity contribution in [3.63, 3.8) is 0 Å². The first kappa shape index (κ1) is 20.4. The van der Waals surface area contributed by atoms with Gasteiger partial charge in [-0.05, 0) is 19.3 Å². The maximum absolute atomic E-state index is 12.5. The smallest absolute Gasteiger partial charge is 0.211 e. The van der Waals surface area contributed by atoms with Crippen molar-refractivity contribution < 1.29 is 8.42 Å². The van der Waals surface area contributed by atoms with Crippen molar-refractivity contribution >= 4 is 10.0 Å². The molecule has 5 heteroatoms. The Morgan fingerprint density at radius 1 is 0.905 bits per heavy atom. The molecule has 0 aliphatic rings. The summed E-state index contributed by atoms with van der Waals surface area (Å²) in [6, 6.07) is 1.95. The Morgan fingerprint density at radius 2 is 1.38 bits per heavy atom. The van der Waals surface area contributed by atoms with Gasteiger partial charge in [0.15, 0.2) is 5.25 Å². The lowest BCUT2D eigenvalue weighted by Crippen LogP contribution is -2.39. The van der Waals surface area contributed by atoms with Crippen LogP contribution < -0.4 is 0 Å². The molecular formula is C16H32N2O2S. The number of hydrogen-bond donors (Lipinski definition) is 0. The zero-order chi connectivity index (χ0) is 16.1. The molecule has 0 amide bonds. The molecule has 0 aliphatic heterocycles. The first-order valence-corrected chi connectivity index (χ1v) is 9.93. The minimum atomic E-state index is -3.47. The van der Waals surface area contributed by atoms with Crippen LogP contribution in [0.2, 0.25) is 0 Å². The van der Waals surface area contributed by atoms with Gasteiger partial charge in [-0.2, -0.15) is 5.26 Å². The second-order valence-corrected chi connectivity index (χ2v) is 7.71. The van der Waals surface area contributed by atoms with Crippen molar-refractivity contribution in [1.82, 2.24) is 4.31 Å². The second kappa shape index (κ2) is 12.0. The Kier molecular flexibility index (Phi) is 11.7. The molecule has 1 unspecified atom stereocenters. The molecule has 1 atom stereocenters. The van der Waals surface area contributed by atoms with Gasteiger partial charge < -0.3 is 0 Å². The van der Waals surface area contributed by atoms with Crippen LogP contribution in [-0.2, 0) is 10.0 Å². The van der Waals surface area contributed by atoms with Gasteiger partial charge in [0.2, 0.25) is 10.0 Å². The van der Waals surface area contributed by atoms with Crippen LogP contribution in [0.15, 0.2) is 0 Å². The van der Waals surface area contributed by atoms with Gasteiger partial charge in [0.25, 0.3) is 0 Å². The maximum atomic E-state index is 12.5. The maximum Gasteiger partial charge on any atom is 0.230 e. The van der Waals surface area contributed by atoms with Crippen molar-refractivity contribution in [2.24, 2.45) is 0 Å². The molecule has 0 aliphatic carbocycles. The van der Waals surface area contributed by atoms with Crippen LogP contribution in [0.25, 0.3) is 0 Å². The number of sulfonamides is 1. The third-order valence-corrected chi connectivity index (χ3v) is 6.00. The summed E-state index contributed by atoms with van der Waals surface area (Å²) in [5.74, 6) is 0. The quantitative estimate of drug-likeness (QED) is 0.481. The van der Waals surface area contributed by atoms with Crippen LogP contribution in [-0.4, -0.2) is 31.1 Å². The lowest BCUT2D eigenvalue weighted by atomic mass is 10.2. The molecule has 0 aromatic carbocycles. The van der Waals surface area contributed by atoms with Gasteiger partial charge in [0.05, 0.1) is 6.07 Å². The summed E-state index contributed by atoms with van der Waals surface area (Å²) in [5.41, 5.74) is 0. The van der Waals surface area contributed by atoms with Gasteiger partial charge in [-0.1, -0.05) is 59.3 Å². The molecule has 0 spiro atoms. The van der Waals surface area contributed by atoms with Gasteiger partial charge >= 0.3 is 0 Å². The van der Waals surface area contributed by atoms with E-state index in [4.69, 9.17) is 5.26 Å². The summed E-state index contributed by atoms with van der Waals surface area (Å²) in [6.07, 6.45) is 8.81. The minimum absolute atomic E-state index is 0.360. The fourth-order valence-corrected chi connectivity index (χ4v) is 4.03. The predicted octanol–water partition coefficient (Wildman–Crippen LogP) is 4.08. The van der Waals surface area contributed by atoms with E-state index in [-0.39, 0.29) is 0 Å². The topological polar surface area (TPSA) is 61.2 Å². The molecule has 0 bridgehead atoms. The Bertz CT molecular complexity index is 376. The molecule has 124 valence electrons. The molecule has 0 heterocycles. The van der Waals surface area contributed by atoms with Crippen molar-refractivity contribution in [1.29, 1.82) is 5.26 Å². The third-order valence-electron chi connectivity index (χ3n) is 3.76. The molecule has 0 saturated carbocycles. The Morgan fingerprint density at radius 3 is 1.71 bits per heavy atom. The first-order valence-electron chi connectivity index (χ1n) is 8.43. The summed E-state index contributed by atoms with van der Waals surface area (Å²) in [5, 5.41) is 8.18. The summed E-state index contributed by atoms with van der Waals surface area (Å²) in [4.78, 5) is 0. The van der Waals surface area contributed by atoms with E-state index < -0.39 is 15.3 Å². The predicted molar refractivity (Wildman–Crippen MR) is 88.5 cm³/mol. The fourth-order valence-electron chi connectivity index (χ4n) is 2.34. The highest BCUT2D eigenvalue weighted by atomic mass is 32.2. The first-order chi connectivity index (χ1) is 10.0. The van der Waals surface area contributed by atoms with Gasteiger partial charge in [0, 0.05) is 13.1 Å². The molecule has 0 aromatic rings. The van der Waals surface area contributed by atoms with Crippen LogP contribution in [0.1, 0.15) is 78.6 Å². The zero-order valence-corrected chi connectivity index (χ0v) is 14.8. The highest BCUT2D eigenvalue weighted by Crippen LogP contribution is 2.15. The SMILES string of the molecule is CCCCCCN(CCCCCC)S(=O)(=O)C(C#N)CC. The highest BCUT2D eigenvalue weighted by molar-refractivity contribution is 7.90. The molecular weight excluding hydrogens is 284 g/mol. The Labute approximate surface area is 131 Å². The van der Waals surface area contributed by atoms with Crippen molar-refractivity contribution in [3.8, 4) is 6.07 Å². The van der Waals surface area contributed by atoms with E-state index in [1.54, 1.807) is 11.2 Å². The molecule has 0 rings (SSSR count). The van der Waals surface area contributed by atoms with E-state index in [1.807, 2.05) is 6.07 Å². The molecule has 0 N–H and O–H groups in total. The number of rotatable bonds is 13. The van der Waals surface area contributed by atoms with E-state index in [0.717, 1.165) is 51.4 Å². The normalized spacial score (nSPS) is 13.3. The van der Waals surface area contributed by atoms with Crippen LogP contribution in [0.4, 0.5) is 0 Å². The Balaban J connectivity index is 4.65. The number of nitriles is 1. The van der Waals surface area contributed by atoms with E-state index in [2.05, 4.69) is 13.8 Å². The average Bonchev–Trinajstić information content (AvgIpc) is 2.46. The monoisotopic (exact) mass is 316 g/mol. The van der Waals surface area contributed by atoms with E-state index in [1.165, 1.54) is 0 Å². The Hall–Kier alpha value is -0.600. The zero-order valence-electron chi connectivity index (χ0n) is 14.0. The van der Waals surface area contributed by atoms with Crippen molar-refractivity contribution in [2.75, 3.05) is 13.1 Å². The fraction of sp³-hybridized carbons (Fsp3) is 0.938. The van der Waals surface area contributed by atoms with Crippen LogP contribution in [0.3, 0.4) is 0 Å². The molecule has 21 heavy (non-hydrogen) atoms. The average molecular weight is 317 g/mol. The molecule has 0 aromatic heterocycles. The summed E-state index contributed by atoms with van der Waals surface area (Å²) < 4.78 is 26.6.